The summed E-state index contributed by atoms with van der Waals surface area (Å²) in [6.07, 6.45) is 3.45. The lowest BCUT2D eigenvalue weighted by molar-refractivity contribution is -0.113. The molecule has 1 aromatic rings. The molecule has 2 nitrogen and oxygen atoms in total. The van der Waals surface area contributed by atoms with Crippen LogP contribution in [0.15, 0.2) is 54.8 Å². The highest BCUT2D eigenvalue weighted by Crippen LogP contribution is 2.20. The summed E-state index contributed by atoms with van der Waals surface area (Å²) in [6.45, 7) is 3.63. The molecule has 2 heteroatoms. The normalized spacial score (nSPS) is 15.5. The summed E-state index contributed by atoms with van der Waals surface area (Å²) in [5.41, 5.74) is 1.41. The van der Waals surface area contributed by atoms with Crippen LogP contribution >= 0.6 is 0 Å². The van der Waals surface area contributed by atoms with E-state index < -0.39 is 0 Å². The molecule has 1 aromatic carbocycles. The van der Waals surface area contributed by atoms with Gasteiger partial charge in [-0.3, -0.25) is 9.69 Å². The Morgan fingerprint density at radius 3 is 2.38 bits per heavy atom. The van der Waals surface area contributed by atoms with Gasteiger partial charge in [-0.2, -0.15) is 0 Å². The van der Waals surface area contributed by atoms with Gasteiger partial charge in [-0.1, -0.05) is 24.8 Å². The topological polar surface area (TPSA) is 20.3 Å². The summed E-state index contributed by atoms with van der Waals surface area (Å²) < 4.78 is 0. The standard InChI is InChI=1S/C11H9NO/c1-9-7-8-12(11(9)13)10-5-3-2-4-6-10/h2-8H,1H2. The molecule has 1 aliphatic heterocycles. The number of hydrogen-bond acceptors (Lipinski definition) is 1. The van der Waals surface area contributed by atoms with E-state index in [0.717, 1.165) is 5.69 Å². The quantitative estimate of drug-likeness (QED) is 0.592. The predicted molar refractivity (Wildman–Crippen MR) is 52.2 cm³/mol. The summed E-state index contributed by atoms with van der Waals surface area (Å²) in [5.74, 6) is -0.0498. The van der Waals surface area contributed by atoms with Crippen LogP contribution in [0.2, 0.25) is 0 Å². The number of anilines is 1. The van der Waals surface area contributed by atoms with Crippen LogP contribution in [-0.4, -0.2) is 5.91 Å². The molecule has 1 aliphatic rings. The zero-order valence-corrected chi connectivity index (χ0v) is 7.10. The first-order valence-corrected chi connectivity index (χ1v) is 4.05. The largest absolute Gasteiger partial charge is 0.284 e. The lowest BCUT2D eigenvalue weighted by atomic mass is 10.3. The molecule has 0 atom stereocenters. The van der Waals surface area contributed by atoms with Gasteiger partial charge in [-0.25, -0.2) is 0 Å². The van der Waals surface area contributed by atoms with Gasteiger partial charge in [0.2, 0.25) is 0 Å². The molecular weight excluding hydrogens is 162 g/mol. The van der Waals surface area contributed by atoms with Gasteiger partial charge in [0.15, 0.2) is 0 Å². The van der Waals surface area contributed by atoms with Crippen LogP contribution < -0.4 is 4.90 Å². The van der Waals surface area contributed by atoms with Crippen molar-refractivity contribution in [2.75, 3.05) is 4.90 Å². The number of benzene rings is 1. The Labute approximate surface area is 76.8 Å². The van der Waals surface area contributed by atoms with Crippen LogP contribution in [0.3, 0.4) is 0 Å². The minimum Gasteiger partial charge on any atom is -0.284 e. The van der Waals surface area contributed by atoms with E-state index in [2.05, 4.69) is 6.58 Å². The Balaban J connectivity index is 2.35. The number of rotatable bonds is 1. The van der Waals surface area contributed by atoms with Gasteiger partial charge >= 0.3 is 0 Å². The first-order valence-electron chi connectivity index (χ1n) is 4.05. The second-order valence-corrected chi connectivity index (χ2v) is 2.85. The molecule has 1 amide bonds. The maximum atomic E-state index is 11.5. The average molecular weight is 171 g/mol. The van der Waals surface area contributed by atoms with E-state index in [1.165, 1.54) is 0 Å². The van der Waals surface area contributed by atoms with Crippen molar-refractivity contribution >= 4 is 11.6 Å². The van der Waals surface area contributed by atoms with Crippen molar-refractivity contribution in [3.63, 3.8) is 0 Å². The van der Waals surface area contributed by atoms with Crippen molar-refractivity contribution in [2.24, 2.45) is 0 Å². The van der Waals surface area contributed by atoms with Crippen molar-refractivity contribution < 1.29 is 4.79 Å². The average Bonchev–Trinajstić information content (AvgIpc) is 2.49. The number of hydrogen-bond donors (Lipinski definition) is 0. The lowest BCUT2D eigenvalue weighted by Crippen LogP contribution is -2.20. The molecule has 1 heterocycles. The third-order valence-electron chi connectivity index (χ3n) is 1.95. The van der Waals surface area contributed by atoms with Gasteiger partial charge in [-0.15, -0.1) is 0 Å². The van der Waals surface area contributed by atoms with Crippen LogP contribution in [-0.2, 0) is 4.79 Å². The molecule has 0 spiro atoms. The number of para-hydroxylation sites is 1. The van der Waals surface area contributed by atoms with Crippen molar-refractivity contribution in [1.82, 2.24) is 0 Å². The maximum absolute atomic E-state index is 11.5. The first kappa shape index (κ1) is 7.80. The number of carbonyl (C=O) groups excluding carboxylic acids is 1. The lowest BCUT2D eigenvalue weighted by Gasteiger charge is -2.12. The van der Waals surface area contributed by atoms with Gasteiger partial charge in [0.1, 0.15) is 0 Å². The van der Waals surface area contributed by atoms with Crippen LogP contribution in [0.5, 0.6) is 0 Å². The van der Waals surface area contributed by atoms with Gasteiger partial charge in [0.25, 0.3) is 5.91 Å². The Hall–Kier alpha value is -1.83. The molecule has 0 saturated heterocycles. The highest BCUT2D eigenvalue weighted by molar-refractivity contribution is 6.11. The summed E-state index contributed by atoms with van der Waals surface area (Å²) in [4.78, 5) is 13.1. The molecule has 13 heavy (non-hydrogen) atoms. The molecule has 0 saturated carbocycles. The van der Waals surface area contributed by atoms with Crippen molar-refractivity contribution in [2.45, 2.75) is 0 Å². The van der Waals surface area contributed by atoms with E-state index in [9.17, 15) is 4.79 Å². The summed E-state index contributed by atoms with van der Waals surface area (Å²) >= 11 is 0. The van der Waals surface area contributed by atoms with Gasteiger partial charge < -0.3 is 0 Å². The smallest absolute Gasteiger partial charge is 0.261 e. The summed E-state index contributed by atoms with van der Waals surface area (Å²) in [5, 5.41) is 0. The zero-order chi connectivity index (χ0) is 9.26. The Bertz CT molecular complexity index is 378. The maximum Gasteiger partial charge on any atom is 0.261 e. The number of carbonyl (C=O) groups is 1. The van der Waals surface area contributed by atoms with Crippen LogP contribution in [0, 0.1) is 0 Å². The van der Waals surface area contributed by atoms with Crippen LogP contribution in [0.1, 0.15) is 0 Å². The molecule has 0 radical (unpaired) electrons. The van der Waals surface area contributed by atoms with E-state index in [0.29, 0.717) is 5.57 Å². The molecular formula is C11H9NO. The van der Waals surface area contributed by atoms with Crippen LogP contribution in [0.4, 0.5) is 5.69 Å². The third-order valence-corrected chi connectivity index (χ3v) is 1.95. The fourth-order valence-electron chi connectivity index (χ4n) is 1.25. The molecule has 0 aliphatic carbocycles. The summed E-state index contributed by atoms with van der Waals surface area (Å²) in [7, 11) is 0. The molecule has 0 fully saturated rings. The SMILES string of the molecule is C=C1C=CN(c2ccccc2)C1=O. The Morgan fingerprint density at radius 1 is 1.15 bits per heavy atom. The number of nitrogens with zero attached hydrogens (tertiary/aromatic N) is 1. The fourth-order valence-corrected chi connectivity index (χ4v) is 1.25. The molecule has 2 rings (SSSR count). The molecule has 64 valence electrons. The van der Waals surface area contributed by atoms with E-state index >= 15 is 0 Å². The minimum absolute atomic E-state index is 0.0498. The van der Waals surface area contributed by atoms with E-state index in [1.54, 1.807) is 17.2 Å². The highest BCUT2D eigenvalue weighted by atomic mass is 16.2. The van der Waals surface area contributed by atoms with E-state index in [-0.39, 0.29) is 5.91 Å². The van der Waals surface area contributed by atoms with Gasteiger partial charge in [0.05, 0.1) is 0 Å². The molecule has 0 bridgehead atoms. The van der Waals surface area contributed by atoms with E-state index in [1.807, 2.05) is 30.3 Å². The number of amides is 1. The second kappa shape index (κ2) is 2.90. The first-order chi connectivity index (χ1) is 6.29. The van der Waals surface area contributed by atoms with Crippen molar-refractivity contribution in [1.29, 1.82) is 0 Å². The van der Waals surface area contributed by atoms with Crippen LogP contribution in [0.25, 0.3) is 0 Å². The van der Waals surface area contributed by atoms with E-state index in [4.69, 9.17) is 0 Å². The fraction of sp³-hybridized carbons (Fsp3) is 0. The summed E-state index contributed by atoms with van der Waals surface area (Å²) in [6, 6.07) is 9.50. The second-order valence-electron chi connectivity index (χ2n) is 2.85. The van der Waals surface area contributed by atoms with Gasteiger partial charge in [0, 0.05) is 17.5 Å². The molecule has 0 aromatic heterocycles. The Morgan fingerprint density at radius 2 is 1.85 bits per heavy atom. The van der Waals surface area contributed by atoms with Crippen molar-refractivity contribution in [3.8, 4) is 0 Å². The minimum atomic E-state index is -0.0498. The predicted octanol–water partition coefficient (Wildman–Crippen LogP) is 2.10. The third kappa shape index (κ3) is 1.26. The Kier molecular flexibility index (Phi) is 1.74. The zero-order valence-electron chi connectivity index (χ0n) is 7.10. The van der Waals surface area contributed by atoms with Gasteiger partial charge in [-0.05, 0) is 18.2 Å². The highest BCUT2D eigenvalue weighted by Gasteiger charge is 2.19. The molecule has 0 unspecified atom stereocenters. The van der Waals surface area contributed by atoms with Crippen molar-refractivity contribution in [3.05, 3.63) is 54.8 Å². The monoisotopic (exact) mass is 171 g/mol. The molecule has 0 N–H and O–H groups in total.